The summed E-state index contributed by atoms with van der Waals surface area (Å²) in [6.07, 6.45) is 5.04. The summed E-state index contributed by atoms with van der Waals surface area (Å²) in [5.74, 6) is -1.08. The van der Waals surface area contributed by atoms with Crippen molar-refractivity contribution in [3.8, 4) is 11.1 Å². The van der Waals surface area contributed by atoms with Crippen LogP contribution >= 0.6 is 23.2 Å². The largest absolute Gasteiger partial charge is 0.386 e. The predicted molar refractivity (Wildman–Crippen MR) is 161 cm³/mol. The zero-order valence-corrected chi connectivity index (χ0v) is 23.9. The summed E-state index contributed by atoms with van der Waals surface area (Å²) in [5.41, 5.74) is 9.67. The van der Waals surface area contributed by atoms with Gasteiger partial charge in [-0.3, -0.25) is 14.5 Å². The van der Waals surface area contributed by atoms with Gasteiger partial charge in [-0.2, -0.15) is 0 Å². The van der Waals surface area contributed by atoms with Crippen LogP contribution in [0.4, 0.5) is 5.69 Å². The van der Waals surface area contributed by atoms with Gasteiger partial charge in [0.2, 0.25) is 6.35 Å². The minimum atomic E-state index is -1.34. The van der Waals surface area contributed by atoms with Gasteiger partial charge >= 0.3 is 0 Å². The molecule has 2 amide bonds. The van der Waals surface area contributed by atoms with Gasteiger partial charge in [-0.25, -0.2) is 0 Å². The molecule has 5 N–H and O–H groups in total. The van der Waals surface area contributed by atoms with Crippen molar-refractivity contribution in [3.05, 3.63) is 99.3 Å². The Morgan fingerprint density at radius 3 is 2.61 bits per heavy atom. The van der Waals surface area contributed by atoms with Crippen molar-refractivity contribution >= 4 is 62.5 Å². The third-order valence-corrected chi connectivity index (χ3v) is 8.24. The highest BCUT2D eigenvalue weighted by Crippen LogP contribution is 2.45. The van der Waals surface area contributed by atoms with Crippen molar-refractivity contribution in [1.82, 2.24) is 9.88 Å². The van der Waals surface area contributed by atoms with E-state index < -0.39 is 23.8 Å². The molecule has 8 nitrogen and oxygen atoms in total. The molecule has 208 valence electrons. The highest BCUT2D eigenvalue weighted by atomic mass is 35.5. The fourth-order valence-corrected chi connectivity index (χ4v) is 6.10. The first-order valence-electron chi connectivity index (χ1n) is 12.8. The van der Waals surface area contributed by atoms with Gasteiger partial charge in [0.1, 0.15) is 0 Å². The Kier molecular flexibility index (Phi) is 6.28. The zero-order valence-electron chi connectivity index (χ0n) is 22.4. The molecular formula is C31H26Cl2N4O4. The Morgan fingerprint density at radius 1 is 1.15 bits per heavy atom. The van der Waals surface area contributed by atoms with Crippen LogP contribution in [0.1, 0.15) is 35.3 Å². The van der Waals surface area contributed by atoms with E-state index in [4.69, 9.17) is 28.9 Å². The number of nitrogens with two attached hydrogens (primary N) is 1. The molecule has 0 spiro atoms. The Hall–Kier alpha value is -4.08. The standard InChI is InChI=1S/C31H26Cl2N4O4/c1-15-17(6-4-8-23(15)37-25(38)14-24-20(32)7-5-11-36(24)30(37)40)26-21(33)13-19(29(34)39)28-27(26)18-10-9-16(31(2,3)41)12-22(18)35-28/h4-14,30,35,40-41H,1-3H3,(H2,34,39). The number of halogens is 2. The maximum absolute atomic E-state index is 13.3. The number of hydrogen-bond donors (Lipinski definition) is 4. The number of carbonyl (C=O) groups excluding carboxylic acids is 2. The van der Waals surface area contributed by atoms with Crippen LogP contribution in [0.2, 0.25) is 5.02 Å². The maximum atomic E-state index is 13.3. The average molecular weight is 589 g/mol. The van der Waals surface area contributed by atoms with Crippen LogP contribution in [-0.2, 0) is 10.4 Å². The molecule has 1 atom stereocenters. The first-order chi connectivity index (χ1) is 19.4. The van der Waals surface area contributed by atoms with Crippen LogP contribution in [0.3, 0.4) is 0 Å². The van der Waals surface area contributed by atoms with Crippen LogP contribution in [0.15, 0.2) is 77.6 Å². The molecule has 3 aromatic carbocycles. The predicted octanol–water partition coefficient (Wildman–Crippen LogP) is 5.73. The van der Waals surface area contributed by atoms with E-state index >= 15 is 0 Å². The number of anilines is 1. The number of aliphatic hydroxyl groups excluding tert-OH is 1. The molecule has 0 bridgehead atoms. The summed E-state index contributed by atoms with van der Waals surface area (Å²) in [6, 6.07) is 12.5. The number of H-pyrrole nitrogens is 1. The number of rotatable bonds is 4. The number of aromatic amines is 1. The second-order valence-corrected chi connectivity index (χ2v) is 11.5. The van der Waals surface area contributed by atoms with Crippen LogP contribution in [0, 0.1) is 6.92 Å². The van der Waals surface area contributed by atoms with E-state index in [1.165, 1.54) is 21.9 Å². The Morgan fingerprint density at radius 2 is 1.90 bits per heavy atom. The lowest BCUT2D eigenvalue weighted by Crippen LogP contribution is -2.52. The average Bonchev–Trinajstić information content (AvgIpc) is 3.28. The molecule has 1 aromatic heterocycles. The number of allylic oxidation sites excluding steroid dienone is 3. The van der Waals surface area contributed by atoms with Gasteiger partial charge in [0.15, 0.2) is 0 Å². The summed E-state index contributed by atoms with van der Waals surface area (Å²) in [6.45, 7) is 5.23. The molecule has 0 aliphatic carbocycles. The SMILES string of the molecule is Cc1c(-c2c(Cl)cc(C(N)=O)c3[nH]c4cc(C(C)(C)O)ccc4c23)cccc1N1C(=O)C=C2C(Cl)=CC=CN2C1O. The van der Waals surface area contributed by atoms with Crippen LogP contribution in [0.5, 0.6) is 0 Å². The minimum absolute atomic E-state index is 0.227. The van der Waals surface area contributed by atoms with E-state index in [1.54, 1.807) is 44.3 Å². The van der Waals surface area contributed by atoms with Gasteiger partial charge in [0.05, 0.1) is 33.1 Å². The molecule has 0 fully saturated rings. The number of carbonyl (C=O) groups is 2. The molecule has 6 rings (SSSR count). The molecule has 3 heterocycles. The smallest absolute Gasteiger partial charge is 0.256 e. The molecule has 2 aliphatic heterocycles. The summed E-state index contributed by atoms with van der Waals surface area (Å²) >= 11 is 13.2. The van der Waals surface area contributed by atoms with E-state index in [9.17, 15) is 19.8 Å². The van der Waals surface area contributed by atoms with Crippen molar-refractivity contribution in [2.24, 2.45) is 5.73 Å². The molecule has 4 aromatic rings. The maximum Gasteiger partial charge on any atom is 0.256 e. The van der Waals surface area contributed by atoms with Gasteiger partial charge in [0, 0.05) is 39.2 Å². The highest BCUT2D eigenvalue weighted by molar-refractivity contribution is 6.37. The number of aromatic nitrogens is 1. The number of benzene rings is 3. The van der Waals surface area contributed by atoms with Crippen molar-refractivity contribution in [2.45, 2.75) is 32.7 Å². The Labute approximate surface area is 245 Å². The van der Waals surface area contributed by atoms with Crippen molar-refractivity contribution in [1.29, 1.82) is 0 Å². The van der Waals surface area contributed by atoms with Gasteiger partial charge in [-0.15, -0.1) is 0 Å². The summed E-state index contributed by atoms with van der Waals surface area (Å²) < 4.78 is 0. The molecular weight excluding hydrogens is 563 g/mol. The van der Waals surface area contributed by atoms with Gasteiger partial charge in [-0.05, 0) is 67.8 Å². The van der Waals surface area contributed by atoms with E-state index in [-0.39, 0.29) is 5.56 Å². The third kappa shape index (κ3) is 4.22. The topological polar surface area (TPSA) is 123 Å². The quantitative estimate of drug-likeness (QED) is 0.242. The number of nitrogens with zero attached hydrogens (tertiary/aromatic N) is 2. The fourth-order valence-electron chi connectivity index (χ4n) is 5.57. The van der Waals surface area contributed by atoms with Gasteiger partial charge in [-0.1, -0.05) is 47.5 Å². The first kappa shape index (κ1) is 27.1. The van der Waals surface area contributed by atoms with Crippen molar-refractivity contribution in [3.63, 3.8) is 0 Å². The summed E-state index contributed by atoms with van der Waals surface area (Å²) in [5, 5.41) is 23.9. The molecule has 1 unspecified atom stereocenters. The Balaban J connectivity index is 1.59. The van der Waals surface area contributed by atoms with E-state index in [0.717, 1.165) is 5.39 Å². The molecule has 41 heavy (non-hydrogen) atoms. The molecule has 0 saturated carbocycles. The second-order valence-electron chi connectivity index (χ2n) is 10.6. The first-order valence-corrected chi connectivity index (χ1v) is 13.6. The van der Waals surface area contributed by atoms with Gasteiger partial charge in [0.25, 0.3) is 11.8 Å². The number of primary amides is 1. The van der Waals surface area contributed by atoms with Crippen LogP contribution in [-0.4, -0.2) is 38.3 Å². The zero-order chi connectivity index (χ0) is 29.4. The minimum Gasteiger partial charge on any atom is -0.386 e. The third-order valence-electron chi connectivity index (χ3n) is 7.62. The van der Waals surface area contributed by atoms with E-state index in [2.05, 4.69) is 4.98 Å². The van der Waals surface area contributed by atoms with Crippen LogP contribution in [0.25, 0.3) is 32.9 Å². The van der Waals surface area contributed by atoms with E-state index in [1.807, 2.05) is 31.2 Å². The fraction of sp³-hybridized carbons (Fsp3) is 0.161. The normalized spacial score (nSPS) is 17.2. The number of nitrogens with one attached hydrogen (secondary N) is 1. The number of aliphatic hydroxyl groups is 2. The molecule has 0 radical (unpaired) electrons. The lowest BCUT2D eigenvalue weighted by atomic mass is 9.92. The number of hydrogen-bond acceptors (Lipinski definition) is 5. The monoisotopic (exact) mass is 588 g/mol. The highest BCUT2D eigenvalue weighted by Gasteiger charge is 2.36. The van der Waals surface area contributed by atoms with E-state index in [0.29, 0.717) is 60.1 Å². The lowest BCUT2D eigenvalue weighted by Gasteiger charge is -2.41. The summed E-state index contributed by atoms with van der Waals surface area (Å²) in [7, 11) is 0. The molecule has 2 aliphatic rings. The van der Waals surface area contributed by atoms with Crippen LogP contribution < -0.4 is 10.6 Å². The van der Waals surface area contributed by atoms with Gasteiger partial charge < -0.3 is 25.8 Å². The Bertz CT molecular complexity index is 1900. The second kappa shape index (κ2) is 9.49. The van der Waals surface area contributed by atoms with Crippen molar-refractivity contribution < 1.29 is 19.8 Å². The summed E-state index contributed by atoms with van der Waals surface area (Å²) in [4.78, 5) is 31.9. The molecule has 10 heteroatoms. The lowest BCUT2D eigenvalue weighted by molar-refractivity contribution is -0.119. The molecule has 0 saturated heterocycles. The number of amides is 2. The number of fused-ring (bicyclic) bond motifs is 4. The van der Waals surface area contributed by atoms with Crippen molar-refractivity contribution in [2.75, 3.05) is 4.90 Å².